The van der Waals surface area contributed by atoms with E-state index in [0.29, 0.717) is 6.04 Å². The number of nitrogens with zero attached hydrogens (tertiary/aromatic N) is 1. The second kappa shape index (κ2) is 6.20. The molecule has 1 fully saturated rings. The normalized spacial score (nSPS) is 26.0. The molecule has 3 unspecified atom stereocenters. The number of amidine groups is 1. The van der Waals surface area contributed by atoms with E-state index in [4.69, 9.17) is 11.1 Å². The Morgan fingerprint density at radius 1 is 1.32 bits per heavy atom. The predicted octanol–water partition coefficient (Wildman–Crippen LogP) is 2.83. The van der Waals surface area contributed by atoms with Gasteiger partial charge in [-0.3, -0.25) is 10.3 Å². The average molecular weight is 259 g/mol. The lowest BCUT2D eigenvalue weighted by molar-refractivity contribution is 0.123. The molecule has 2 rings (SSSR count). The largest absolute Gasteiger partial charge is 0.387 e. The fraction of sp³-hybridized carbons (Fsp3) is 0.562. The summed E-state index contributed by atoms with van der Waals surface area (Å²) in [6, 6.07) is 10.8. The predicted molar refractivity (Wildman–Crippen MR) is 80.5 cm³/mol. The standard InChI is InChI=1S/C16H25N3/c1-12-8-9-13(2)19(10-12)11-15(16(17)18)14-6-4-3-5-7-14/h3-7,12-13,15H,8-11H2,1-2H3,(H3,17,18). The van der Waals surface area contributed by atoms with Crippen molar-refractivity contribution in [2.75, 3.05) is 13.1 Å². The zero-order chi connectivity index (χ0) is 13.8. The lowest BCUT2D eigenvalue weighted by Gasteiger charge is -2.38. The van der Waals surface area contributed by atoms with Crippen LogP contribution in [0.1, 0.15) is 38.2 Å². The molecule has 3 N–H and O–H groups in total. The lowest BCUT2D eigenvalue weighted by atomic mass is 9.91. The quantitative estimate of drug-likeness (QED) is 0.645. The van der Waals surface area contributed by atoms with Crippen LogP contribution < -0.4 is 5.73 Å². The van der Waals surface area contributed by atoms with Gasteiger partial charge in [-0.05, 0) is 31.2 Å². The number of rotatable bonds is 4. The zero-order valence-corrected chi connectivity index (χ0v) is 12.0. The number of likely N-dealkylation sites (tertiary alicyclic amines) is 1. The Balaban J connectivity index is 2.11. The molecule has 3 heteroatoms. The summed E-state index contributed by atoms with van der Waals surface area (Å²) >= 11 is 0. The fourth-order valence-electron chi connectivity index (χ4n) is 2.94. The Kier molecular flexibility index (Phi) is 4.59. The molecule has 0 saturated carbocycles. The topological polar surface area (TPSA) is 53.1 Å². The first-order valence-electron chi connectivity index (χ1n) is 7.21. The van der Waals surface area contributed by atoms with Gasteiger partial charge in [0.15, 0.2) is 0 Å². The molecule has 0 bridgehead atoms. The Hall–Kier alpha value is -1.35. The third-order valence-electron chi connectivity index (χ3n) is 4.24. The highest BCUT2D eigenvalue weighted by Gasteiger charge is 2.26. The van der Waals surface area contributed by atoms with Crippen molar-refractivity contribution in [3.05, 3.63) is 35.9 Å². The van der Waals surface area contributed by atoms with E-state index in [1.54, 1.807) is 0 Å². The highest BCUT2D eigenvalue weighted by molar-refractivity contribution is 5.84. The minimum atomic E-state index is 0.0222. The van der Waals surface area contributed by atoms with Gasteiger partial charge in [-0.1, -0.05) is 37.3 Å². The van der Waals surface area contributed by atoms with E-state index < -0.39 is 0 Å². The molecular formula is C16H25N3. The van der Waals surface area contributed by atoms with Crippen LogP contribution in [0.5, 0.6) is 0 Å². The Morgan fingerprint density at radius 3 is 2.63 bits per heavy atom. The molecule has 0 spiro atoms. The van der Waals surface area contributed by atoms with Crippen LogP contribution in [-0.4, -0.2) is 29.9 Å². The maximum atomic E-state index is 7.87. The molecule has 3 atom stereocenters. The molecule has 104 valence electrons. The molecule has 0 radical (unpaired) electrons. The number of nitrogens with two attached hydrogens (primary N) is 1. The molecule has 1 aromatic carbocycles. The molecular weight excluding hydrogens is 234 g/mol. The summed E-state index contributed by atoms with van der Waals surface area (Å²) in [5.74, 6) is 1.05. The smallest absolute Gasteiger partial charge is 0.0995 e. The maximum absolute atomic E-state index is 7.87. The van der Waals surface area contributed by atoms with Crippen LogP contribution in [0.4, 0.5) is 0 Å². The first-order valence-corrected chi connectivity index (χ1v) is 7.21. The molecule has 1 aromatic rings. The van der Waals surface area contributed by atoms with E-state index in [1.807, 2.05) is 18.2 Å². The van der Waals surface area contributed by atoms with Crippen LogP contribution in [0.2, 0.25) is 0 Å². The first kappa shape index (κ1) is 14.1. The van der Waals surface area contributed by atoms with Gasteiger partial charge in [-0.25, -0.2) is 0 Å². The van der Waals surface area contributed by atoms with Crippen LogP contribution in [0.25, 0.3) is 0 Å². The van der Waals surface area contributed by atoms with Crippen molar-refractivity contribution in [2.45, 2.75) is 38.6 Å². The van der Waals surface area contributed by atoms with Crippen LogP contribution in [0, 0.1) is 11.3 Å². The van der Waals surface area contributed by atoms with Gasteiger partial charge < -0.3 is 5.73 Å². The van der Waals surface area contributed by atoms with Crippen LogP contribution in [0.3, 0.4) is 0 Å². The summed E-state index contributed by atoms with van der Waals surface area (Å²) in [5, 5.41) is 7.87. The molecule has 1 saturated heterocycles. The molecule has 1 aliphatic rings. The fourth-order valence-corrected chi connectivity index (χ4v) is 2.94. The van der Waals surface area contributed by atoms with E-state index in [1.165, 1.54) is 12.8 Å². The van der Waals surface area contributed by atoms with E-state index in [2.05, 4.69) is 30.9 Å². The Bertz CT molecular complexity index is 415. The van der Waals surface area contributed by atoms with Gasteiger partial charge in [0, 0.05) is 19.1 Å². The molecule has 1 heterocycles. The maximum Gasteiger partial charge on any atom is 0.0995 e. The summed E-state index contributed by atoms with van der Waals surface area (Å²) in [5.41, 5.74) is 6.98. The van der Waals surface area contributed by atoms with Gasteiger partial charge in [0.1, 0.15) is 0 Å². The van der Waals surface area contributed by atoms with Crippen molar-refractivity contribution in [3.63, 3.8) is 0 Å². The number of hydrogen-bond donors (Lipinski definition) is 2. The second-order valence-corrected chi connectivity index (χ2v) is 5.90. The number of nitrogens with one attached hydrogen (secondary N) is 1. The van der Waals surface area contributed by atoms with Crippen molar-refractivity contribution in [2.24, 2.45) is 11.7 Å². The van der Waals surface area contributed by atoms with Gasteiger partial charge >= 0.3 is 0 Å². The second-order valence-electron chi connectivity index (χ2n) is 5.90. The zero-order valence-electron chi connectivity index (χ0n) is 12.0. The molecule has 0 aliphatic carbocycles. The van der Waals surface area contributed by atoms with Crippen LogP contribution in [-0.2, 0) is 0 Å². The number of hydrogen-bond acceptors (Lipinski definition) is 2. The summed E-state index contributed by atoms with van der Waals surface area (Å²) < 4.78 is 0. The van der Waals surface area contributed by atoms with Crippen molar-refractivity contribution in [1.82, 2.24) is 4.90 Å². The molecule has 0 amide bonds. The van der Waals surface area contributed by atoms with Crippen molar-refractivity contribution >= 4 is 5.84 Å². The van der Waals surface area contributed by atoms with E-state index >= 15 is 0 Å². The Labute approximate surface area is 116 Å². The van der Waals surface area contributed by atoms with Crippen molar-refractivity contribution < 1.29 is 0 Å². The molecule has 0 aromatic heterocycles. The van der Waals surface area contributed by atoms with Gasteiger partial charge in [-0.15, -0.1) is 0 Å². The third kappa shape index (κ3) is 3.57. The van der Waals surface area contributed by atoms with E-state index in [0.717, 1.165) is 24.6 Å². The van der Waals surface area contributed by atoms with E-state index in [-0.39, 0.29) is 11.8 Å². The monoisotopic (exact) mass is 259 g/mol. The highest BCUT2D eigenvalue weighted by atomic mass is 15.2. The van der Waals surface area contributed by atoms with Crippen LogP contribution >= 0.6 is 0 Å². The van der Waals surface area contributed by atoms with Crippen molar-refractivity contribution in [3.8, 4) is 0 Å². The third-order valence-corrected chi connectivity index (χ3v) is 4.24. The summed E-state index contributed by atoms with van der Waals surface area (Å²) in [7, 11) is 0. The van der Waals surface area contributed by atoms with Gasteiger partial charge in [0.05, 0.1) is 11.8 Å². The summed E-state index contributed by atoms with van der Waals surface area (Å²) in [6.45, 7) is 6.58. The Morgan fingerprint density at radius 2 is 2.00 bits per heavy atom. The average Bonchev–Trinajstić information content (AvgIpc) is 2.40. The first-order chi connectivity index (χ1) is 9.08. The van der Waals surface area contributed by atoms with Crippen LogP contribution in [0.15, 0.2) is 30.3 Å². The number of benzene rings is 1. The minimum Gasteiger partial charge on any atom is -0.387 e. The molecule has 3 nitrogen and oxygen atoms in total. The molecule has 19 heavy (non-hydrogen) atoms. The SMILES string of the molecule is CC1CCC(C)N(CC(C(=N)N)c2ccccc2)C1. The summed E-state index contributed by atoms with van der Waals surface area (Å²) in [6.07, 6.45) is 2.56. The minimum absolute atomic E-state index is 0.0222. The van der Waals surface area contributed by atoms with E-state index in [9.17, 15) is 0 Å². The summed E-state index contributed by atoms with van der Waals surface area (Å²) in [4.78, 5) is 2.49. The van der Waals surface area contributed by atoms with Gasteiger partial charge in [-0.2, -0.15) is 0 Å². The lowest BCUT2D eigenvalue weighted by Crippen LogP contribution is -2.45. The van der Waals surface area contributed by atoms with Crippen molar-refractivity contribution in [1.29, 1.82) is 5.41 Å². The highest BCUT2D eigenvalue weighted by Crippen LogP contribution is 2.25. The molecule has 1 aliphatic heterocycles. The van der Waals surface area contributed by atoms with Gasteiger partial charge in [0.25, 0.3) is 0 Å². The van der Waals surface area contributed by atoms with Gasteiger partial charge in [0.2, 0.25) is 0 Å². The number of piperidine rings is 1.